The van der Waals surface area contributed by atoms with Crippen LogP contribution in [0.2, 0.25) is 0 Å². The highest BCUT2D eigenvalue weighted by Crippen LogP contribution is 2.26. The van der Waals surface area contributed by atoms with Gasteiger partial charge in [0.25, 0.3) is 0 Å². The van der Waals surface area contributed by atoms with Gasteiger partial charge in [-0.1, -0.05) is 45.4 Å². The van der Waals surface area contributed by atoms with Crippen LogP contribution in [-0.2, 0) is 0 Å². The van der Waals surface area contributed by atoms with E-state index < -0.39 is 0 Å². The SMILES string of the molecule is C/C=C(/C)c1cccc(OCCCC)c1C.CC. The summed E-state index contributed by atoms with van der Waals surface area (Å²) in [7, 11) is 0. The minimum atomic E-state index is 0.815. The first-order valence-corrected chi connectivity index (χ1v) is 7.06. The minimum Gasteiger partial charge on any atom is -0.493 e. The Kier molecular flexibility index (Phi) is 9.08. The molecule has 1 aromatic rings. The van der Waals surface area contributed by atoms with Gasteiger partial charge in [0.15, 0.2) is 0 Å². The number of hydrogen-bond acceptors (Lipinski definition) is 1. The molecule has 0 spiro atoms. The fourth-order valence-corrected chi connectivity index (χ4v) is 1.68. The number of benzene rings is 1. The maximum Gasteiger partial charge on any atom is 0.122 e. The van der Waals surface area contributed by atoms with Gasteiger partial charge in [-0.05, 0) is 50.0 Å². The van der Waals surface area contributed by atoms with Crippen LogP contribution in [-0.4, -0.2) is 6.61 Å². The van der Waals surface area contributed by atoms with Gasteiger partial charge in [0.1, 0.15) is 5.75 Å². The topological polar surface area (TPSA) is 9.23 Å². The van der Waals surface area contributed by atoms with E-state index in [9.17, 15) is 0 Å². The summed E-state index contributed by atoms with van der Waals surface area (Å²) in [6.07, 6.45) is 4.43. The molecule has 0 aliphatic carbocycles. The Morgan fingerprint density at radius 1 is 1.28 bits per heavy atom. The summed E-state index contributed by atoms with van der Waals surface area (Å²) >= 11 is 0. The highest BCUT2D eigenvalue weighted by atomic mass is 16.5. The minimum absolute atomic E-state index is 0.815. The van der Waals surface area contributed by atoms with Crippen molar-refractivity contribution >= 4 is 5.57 Å². The van der Waals surface area contributed by atoms with Crippen LogP contribution in [0, 0.1) is 6.92 Å². The van der Waals surface area contributed by atoms with Crippen LogP contribution in [0.1, 0.15) is 58.6 Å². The number of rotatable bonds is 5. The van der Waals surface area contributed by atoms with Crippen LogP contribution >= 0.6 is 0 Å². The molecule has 0 N–H and O–H groups in total. The van der Waals surface area contributed by atoms with E-state index in [2.05, 4.69) is 52.0 Å². The van der Waals surface area contributed by atoms with Crippen LogP contribution in [0.5, 0.6) is 5.75 Å². The molecule has 0 aliphatic heterocycles. The monoisotopic (exact) mass is 248 g/mol. The van der Waals surface area contributed by atoms with Crippen molar-refractivity contribution in [2.75, 3.05) is 6.61 Å². The zero-order valence-corrected chi connectivity index (χ0v) is 12.8. The maximum absolute atomic E-state index is 5.79. The van der Waals surface area contributed by atoms with Crippen LogP contribution in [0.15, 0.2) is 24.3 Å². The molecule has 0 atom stereocenters. The fraction of sp³-hybridized carbons (Fsp3) is 0.529. The van der Waals surface area contributed by atoms with Gasteiger partial charge >= 0.3 is 0 Å². The largest absolute Gasteiger partial charge is 0.493 e. The molecule has 18 heavy (non-hydrogen) atoms. The molecule has 0 saturated carbocycles. The van der Waals surface area contributed by atoms with E-state index in [0.717, 1.165) is 18.8 Å². The molecule has 0 fully saturated rings. The van der Waals surface area contributed by atoms with Gasteiger partial charge in [0, 0.05) is 0 Å². The fourth-order valence-electron chi connectivity index (χ4n) is 1.68. The van der Waals surface area contributed by atoms with Crippen LogP contribution in [0.3, 0.4) is 0 Å². The first kappa shape index (κ1) is 16.8. The standard InChI is InChI=1S/C15H22O.C2H6/c1-5-7-11-16-15-10-8-9-14(13(15)4)12(3)6-2;1-2/h6,8-10H,5,7,11H2,1-4H3;1-2H3/b12-6-;. The molecule has 0 amide bonds. The Labute approximate surface area is 113 Å². The molecule has 102 valence electrons. The second-order valence-electron chi connectivity index (χ2n) is 4.10. The molecule has 1 heteroatoms. The Balaban J connectivity index is 0.00000137. The number of ether oxygens (including phenoxy) is 1. The summed E-state index contributed by atoms with van der Waals surface area (Å²) in [5.74, 6) is 1.02. The van der Waals surface area contributed by atoms with E-state index in [-0.39, 0.29) is 0 Å². The lowest BCUT2D eigenvalue weighted by Crippen LogP contribution is -1.99. The molecule has 0 radical (unpaired) electrons. The zero-order chi connectivity index (χ0) is 14.0. The lowest BCUT2D eigenvalue weighted by Gasteiger charge is -2.12. The van der Waals surface area contributed by atoms with Crippen molar-refractivity contribution in [2.45, 2.75) is 54.4 Å². The van der Waals surface area contributed by atoms with Gasteiger partial charge in [0.2, 0.25) is 0 Å². The lowest BCUT2D eigenvalue weighted by molar-refractivity contribution is 0.307. The van der Waals surface area contributed by atoms with Gasteiger partial charge in [-0.3, -0.25) is 0 Å². The third-order valence-electron chi connectivity index (χ3n) is 2.90. The Morgan fingerprint density at radius 2 is 1.94 bits per heavy atom. The summed E-state index contributed by atoms with van der Waals surface area (Å²) in [6, 6.07) is 6.27. The maximum atomic E-state index is 5.79. The molecule has 0 heterocycles. The molecular formula is C17H28O. The predicted octanol–water partition coefficient (Wildman–Crippen LogP) is 5.62. The molecule has 0 aromatic heterocycles. The van der Waals surface area contributed by atoms with Crippen LogP contribution < -0.4 is 4.74 Å². The second kappa shape index (κ2) is 9.76. The zero-order valence-electron chi connectivity index (χ0n) is 12.8. The van der Waals surface area contributed by atoms with Gasteiger partial charge in [-0.25, -0.2) is 0 Å². The molecule has 0 bridgehead atoms. The van der Waals surface area contributed by atoms with Gasteiger partial charge in [-0.2, -0.15) is 0 Å². The molecule has 1 rings (SSSR count). The molecule has 0 aliphatic rings. The number of unbranched alkanes of at least 4 members (excludes halogenated alkanes) is 1. The first-order valence-electron chi connectivity index (χ1n) is 7.06. The molecule has 1 aromatic carbocycles. The first-order chi connectivity index (χ1) is 8.70. The second-order valence-corrected chi connectivity index (χ2v) is 4.10. The molecule has 0 unspecified atom stereocenters. The lowest BCUT2D eigenvalue weighted by atomic mass is 10.0. The van der Waals surface area contributed by atoms with Gasteiger partial charge in [0.05, 0.1) is 6.61 Å². The summed E-state index contributed by atoms with van der Waals surface area (Å²) < 4.78 is 5.79. The van der Waals surface area contributed by atoms with Crippen molar-refractivity contribution in [3.8, 4) is 5.75 Å². The van der Waals surface area contributed by atoms with E-state index in [4.69, 9.17) is 4.74 Å². The molecule has 1 nitrogen and oxygen atoms in total. The third kappa shape index (κ3) is 4.95. The van der Waals surface area contributed by atoms with E-state index in [1.807, 2.05) is 13.8 Å². The Hall–Kier alpha value is -1.24. The van der Waals surface area contributed by atoms with Crippen molar-refractivity contribution in [2.24, 2.45) is 0 Å². The average Bonchev–Trinajstić information content (AvgIpc) is 2.42. The average molecular weight is 248 g/mol. The van der Waals surface area contributed by atoms with Crippen molar-refractivity contribution < 1.29 is 4.74 Å². The summed E-state index contributed by atoms with van der Waals surface area (Å²) in [6.45, 7) is 13.3. The summed E-state index contributed by atoms with van der Waals surface area (Å²) in [4.78, 5) is 0. The highest BCUT2D eigenvalue weighted by molar-refractivity contribution is 5.68. The van der Waals surface area contributed by atoms with Crippen molar-refractivity contribution in [1.82, 2.24) is 0 Å². The van der Waals surface area contributed by atoms with E-state index in [0.29, 0.717) is 0 Å². The summed E-state index contributed by atoms with van der Waals surface area (Å²) in [5, 5.41) is 0. The van der Waals surface area contributed by atoms with E-state index in [1.165, 1.54) is 23.1 Å². The Bertz CT molecular complexity index is 364. The molecular weight excluding hydrogens is 220 g/mol. The molecule has 0 saturated heterocycles. The number of allylic oxidation sites excluding steroid dienone is 2. The normalized spacial score (nSPS) is 10.7. The van der Waals surface area contributed by atoms with Crippen molar-refractivity contribution in [3.05, 3.63) is 35.4 Å². The smallest absolute Gasteiger partial charge is 0.122 e. The van der Waals surface area contributed by atoms with E-state index >= 15 is 0 Å². The van der Waals surface area contributed by atoms with Crippen molar-refractivity contribution in [1.29, 1.82) is 0 Å². The quantitative estimate of drug-likeness (QED) is 0.614. The summed E-state index contributed by atoms with van der Waals surface area (Å²) in [5.41, 5.74) is 3.84. The van der Waals surface area contributed by atoms with Gasteiger partial charge < -0.3 is 4.74 Å². The Morgan fingerprint density at radius 3 is 2.50 bits per heavy atom. The van der Waals surface area contributed by atoms with Crippen LogP contribution in [0.4, 0.5) is 0 Å². The highest BCUT2D eigenvalue weighted by Gasteiger charge is 2.05. The third-order valence-corrected chi connectivity index (χ3v) is 2.90. The number of hydrogen-bond donors (Lipinski definition) is 0. The van der Waals surface area contributed by atoms with Crippen LogP contribution in [0.25, 0.3) is 5.57 Å². The predicted molar refractivity (Wildman–Crippen MR) is 82.3 cm³/mol. The van der Waals surface area contributed by atoms with Crippen molar-refractivity contribution in [3.63, 3.8) is 0 Å². The van der Waals surface area contributed by atoms with Gasteiger partial charge in [-0.15, -0.1) is 0 Å². The van der Waals surface area contributed by atoms with E-state index in [1.54, 1.807) is 0 Å².